The first kappa shape index (κ1) is 22.2. The summed E-state index contributed by atoms with van der Waals surface area (Å²) >= 11 is 0. The molecule has 1 amide bonds. The number of ketones is 1. The molecule has 1 aromatic heterocycles. The van der Waals surface area contributed by atoms with E-state index in [-0.39, 0.29) is 24.0 Å². The van der Waals surface area contributed by atoms with E-state index >= 15 is 0 Å². The first-order valence-electron chi connectivity index (χ1n) is 10.6. The second-order valence-electron chi connectivity index (χ2n) is 8.00. The molecule has 1 saturated heterocycles. The lowest BCUT2D eigenvalue weighted by Crippen LogP contribution is -2.29. The highest BCUT2D eigenvalue weighted by Gasteiger charge is 2.46. The molecule has 0 spiro atoms. The summed E-state index contributed by atoms with van der Waals surface area (Å²) in [5.74, 6) is -1.74. The summed E-state index contributed by atoms with van der Waals surface area (Å²) in [5.41, 5.74) is 1.39. The van der Waals surface area contributed by atoms with Crippen molar-refractivity contribution in [1.82, 2.24) is 9.88 Å². The number of halogens is 1. The third-order valence-electron chi connectivity index (χ3n) is 5.25. The molecule has 33 heavy (non-hydrogen) atoms. The van der Waals surface area contributed by atoms with Crippen molar-refractivity contribution in [1.29, 1.82) is 0 Å². The summed E-state index contributed by atoms with van der Waals surface area (Å²) in [5, 5.41) is 11.2. The number of aliphatic hydroxyl groups is 1. The van der Waals surface area contributed by atoms with Gasteiger partial charge in [-0.25, -0.2) is 4.39 Å². The van der Waals surface area contributed by atoms with E-state index in [0.717, 1.165) is 0 Å². The number of Topliss-reactive ketones (excluding diaryl/α,β-unsaturated/α-hetero) is 1. The van der Waals surface area contributed by atoms with Gasteiger partial charge in [0.05, 0.1) is 17.4 Å². The molecule has 3 aromatic rings. The number of carbonyl (C=O) groups excluding carboxylic acids is 2. The molecule has 2 heterocycles. The number of nitrogens with zero attached hydrogens (tertiary/aromatic N) is 2. The monoisotopic (exact) mass is 446 g/mol. The predicted molar refractivity (Wildman–Crippen MR) is 121 cm³/mol. The van der Waals surface area contributed by atoms with Gasteiger partial charge in [0.2, 0.25) is 0 Å². The second kappa shape index (κ2) is 9.24. The van der Waals surface area contributed by atoms with Crippen LogP contribution in [0.4, 0.5) is 4.39 Å². The molecule has 0 bridgehead atoms. The standard InChI is InChI=1S/C26H23FN2O4/c1-16(2)33-20-7-5-6-18(14-20)24(30)22-23(21-8-3-4-13-28-21)29(26(32)25(22)31)15-17-9-11-19(27)12-10-17/h3-14,16,23,30H,15H2,1-2H3/b24-22-. The first-order valence-corrected chi connectivity index (χ1v) is 10.6. The Morgan fingerprint density at radius 2 is 1.85 bits per heavy atom. The molecule has 1 aliphatic heterocycles. The van der Waals surface area contributed by atoms with Crippen molar-refractivity contribution in [2.24, 2.45) is 0 Å². The van der Waals surface area contributed by atoms with E-state index in [2.05, 4.69) is 4.98 Å². The van der Waals surface area contributed by atoms with Crippen LogP contribution in [0.3, 0.4) is 0 Å². The summed E-state index contributed by atoms with van der Waals surface area (Å²) in [7, 11) is 0. The van der Waals surface area contributed by atoms with Gasteiger partial charge in [-0.1, -0.05) is 30.3 Å². The highest BCUT2D eigenvalue weighted by atomic mass is 19.1. The third-order valence-corrected chi connectivity index (χ3v) is 5.25. The van der Waals surface area contributed by atoms with Crippen molar-refractivity contribution in [3.63, 3.8) is 0 Å². The number of pyridine rings is 1. The molecule has 1 aliphatic rings. The Morgan fingerprint density at radius 3 is 2.52 bits per heavy atom. The van der Waals surface area contributed by atoms with Crippen LogP contribution in [0.1, 0.15) is 36.7 Å². The lowest BCUT2D eigenvalue weighted by atomic mass is 9.98. The summed E-state index contributed by atoms with van der Waals surface area (Å²) in [6.45, 7) is 3.82. The van der Waals surface area contributed by atoms with Gasteiger partial charge < -0.3 is 14.7 Å². The van der Waals surface area contributed by atoms with E-state index < -0.39 is 23.5 Å². The SMILES string of the molecule is CC(C)Oc1cccc(/C(O)=C2/C(=O)C(=O)N(Cc3ccc(F)cc3)C2c2ccccn2)c1. The molecule has 1 unspecified atom stereocenters. The minimum absolute atomic E-state index is 0.0532. The number of ether oxygens (including phenoxy) is 1. The van der Waals surface area contributed by atoms with Crippen LogP contribution in [0, 0.1) is 5.82 Å². The Balaban J connectivity index is 1.81. The summed E-state index contributed by atoms with van der Waals surface area (Å²) < 4.78 is 19.1. The van der Waals surface area contributed by atoms with E-state index in [4.69, 9.17) is 4.74 Å². The Bertz CT molecular complexity index is 1210. The average Bonchev–Trinajstić information content (AvgIpc) is 3.05. The highest BCUT2D eigenvalue weighted by molar-refractivity contribution is 6.46. The van der Waals surface area contributed by atoms with E-state index in [1.165, 1.54) is 17.0 Å². The second-order valence-corrected chi connectivity index (χ2v) is 8.00. The van der Waals surface area contributed by atoms with E-state index in [1.807, 2.05) is 13.8 Å². The molecular weight excluding hydrogens is 423 g/mol. The molecule has 0 saturated carbocycles. The lowest BCUT2D eigenvalue weighted by molar-refractivity contribution is -0.140. The maximum Gasteiger partial charge on any atom is 0.296 e. The predicted octanol–water partition coefficient (Wildman–Crippen LogP) is 4.63. The number of aromatic nitrogens is 1. The van der Waals surface area contributed by atoms with E-state index in [9.17, 15) is 19.1 Å². The Hall–Kier alpha value is -4.00. The van der Waals surface area contributed by atoms with Gasteiger partial charge >= 0.3 is 0 Å². The molecule has 0 aliphatic carbocycles. The molecule has 1 N–H and O–H groups in total. The van der Waals surface area contributed by atoms with Crippen LogP contribution >= 0.6 is 0 Å². The van der Waals surface area contributed by atoms with Gasteiger partial charge in [0.15, 0.2) is 0 Å². The van der Waals surface area contributed by atoms with Gasteiger partial charge in [-0.15, -0.1) is 0 Å². The van der Waals surface area contributed by atoms with Gasteiger partial charge in [0, 0.05) is 18.3 Å². The van der Waals surface area contributed by atoms with Crippen LogP contribution in [0.5, 0.6) is 5.75 Å². The minimum atomic E-state index is -0.897. The molecule has 168 valence electrons. The number of carbonyl (C=O) groups is 2. The van der Waals surface area contributed by atoms with Crippen LogP contribution in [-0.4, -0.2) is 32.8 Å². The number of hydrogen-bond acceptors (Lipinski definition) is 5. The Morgan fingerprint density at radius 1 is 1.09 bits per heavy atom. The molecule has 6 nitrogen and oxygen atoms in total. The topological polar surface area (TPSA) is 79.7 Å². The summed E-state index contributed by atoms with van der Waals surface area (Å²) in [6, 6.07) is 16.7. The molecular formula is C26H23FN2O4. The summed E-state index contributed by atoms with van der Waals surface area (Å²) in [6.07, 6.45) is 1.49. The number of benzene rings is 2. The van der Waals surface area contributed by atoms with Crippen molar-refractivity contribution >= 4 is 17.4 Å². The van der Waals surface area contributed by atoms with E-state index in [1.54, 1.807) is 60.8 Å². The maximum atomic E-state index is 13.4. The largest absolute Gasteiger partial charge is 0.507 e. The van der Waals surface area contributed by atoms with Crippen LogP contribution in [-0.2, 0) is 16.1 Å². The fourth-order valence-electron chi connectivity index (χ4n) is 3.82. The number of amides is 1. The quantitative estimate of drug-likeness (QED) is 0.339. The fourth-order valence-corrected chi connectivity index (χ4v) is 3.82. The number of likely N-dealkylation sites (tertiary alicyclic amines) is 1. The van der Waals surface area contributed by atoms with Crippen LogP contribution in [0.2, 0.25) is 0 Å². The van der Waals surface area contributed by atoms with Crippen molar-refractivity contribution in [2.45, 2.75) is 32.5 Å². The van der Waals surface area contributed by atoms with Crippen molar-refractivity contribution in [2.75, 3.05) is 0 Å². The smallest absolute Gasteiger partial charge is 0.296 e. The van der Waals surface area contributed by atoms with Crippen LogP contribution in [0.25, 0.3) is 5.76 Å². The lowest BCUT2D eigenvalue weighted by Gasteiger charge is -2.24. The van der Waals surface area contributed by atoms with Crippen LogP contribution in [0.15, 0.2) is 78.5 Å². The molecule has 1 fully saturated rings. The summed E-state index contributed by atoms with van der Waals surface area (Å²) in [4.78, 5) is 31.8. The van der Waals surface area contributed by atoms with Gasteiger partial charge in [-0.2, -0.15) is 0 Å². The van der Waals surface area contributed by atoms with Gasteiger partial charge in [-0.3, -0.25) is 14.6 Å². The zero-order chi connectivity index (χ0) is 23.5. The number of rotatable bonds is 6. The molecule has 4 rings (SSSR count). The molecule has 0 radical (unpaired) electrons. The Kier molecular flexibility index (Phi) is 6.22. The van der Waals surface area contributed by atoms with E-state index in [0.29, 0.717) is 22.6 Å². The van der Waals surface area contributed by atoms with Crippen molar-refractivity contribution in [3.8, 4) is 5.75 Å². The average molecular weight is 446 g/mol. The minimum Gasteiger partial charge on any atom is -0.507 e. The normalized spacial score (nSPS) is 17.6. The molecule has 2 aromatic carbocycles. The highest BCUT2D eigenvalue weighted by Crippen LogP contribution is 2.39. The van der Waals surface area contributed by atoms with Crippen molar-refractivity contribution < 1.29 is 23.8 Å². The van der Waals surface area contributed by atoms with Crippen LogP contribution < -0.4 is 4.74 Å². The third kappa shape index (κ3) is 4.62. The first-order chi connectivity index (χ1) is 15.8. The Labute approximate surface area is 191 Å². The fraction of sp³-hybridized carbons (Fsp3) is 0.192. The van der Waals surface area contributed by atoms with Gasteiger partial charge in [0.25, 0.3) is 11.7 Å². The van der Waals surface area contributed by atoms with Gasteiger partial charge in [0.1, 0.15) is 23.4 Å². The molecule has 1 atom stereocenters. The van der Waals surface area contributed by atoms with Crippen molar-refractivity contribution in [3.05, 3.63) is 101 Å². The zero-order valence-electron chi connectivity index (χ0n) is 18.2. The zero-order valence-corrected chi connectivity index (χ0v) is 18.2. The van der Waals surface area contributed by atoms with Gasteiger partial charge in [-0.05, 0) is 55.8 Å². The molecule has 7 heteroatoms. The number of aliphatic hydroxyl groups excluding tert-OH is 1. The number of hydrogen-bond donors (Lipinski definition) is 1. The maximum absolute atomic E-state index is 13.4.